The maximum absolute atomic E-state index is 16.1. The second-order valence-electron chi connectivity index (χ2n) is 10.5. The van der Waals surface area contributed by atoms with Gasteiger partial charge in [-0.25, -0.2) is 27.0 Å². The van der Waals surface area contributed by atoms with Gasteiger partial charge in [0.05, 0.1) is 21.5 Å². The number of carboxylic acids is 1. The van der Waals surface area contributed by atoms with Crippen LogP contribution in [0, 0.1) is 11.6 Å². The third kappa shape index (κ3) is 6.66. The SMILES string of the molecule is CC(NC(=O)c1cn(CCc2ccccc2)c2c(F)c(Cc3csc(N)n3)c(F)cc2c1=O)(NS(=O)(=O)c1ccccc1)C(=O)O. The number of nitrogen functional groups attached to an aromatic ring is 1. The summed E-state index contributed by atoms with van der Waals surface area (Å²) in [6.45, 7) is 0.920. The molecule has 0 saturated carbocycles. The van der Waals surface area contributed by atoms with Gasteiger partial charge in [-0.15, -0.1) is 11.3 Å². The van der Waals surface area contributed by atoms with Crippen LogP contribution in [0.2, 0.25) is 0 Å². The smallest absolute Gasteiger partial charge is 0.345 e. The van der Waals surface area contributed by atoms with E-state index in [1.54, 1.807) is 23.6 Å². The number of nitrogens with zero attached hydrogens (tertiary/aromatic N) is 2. The van der Waals surface area contributed by atoms with E-state index in [0.29, 0.717) is 12.1 Å². The summed E-state index contributed by atoms with van der Waals surface area (Å²) in [5.74, 6) is -5.17. The first-order valence-electron chi connectivity index (χ1n) is 13.7. The van der Waals surface area contributed by atoms with Crippen LogP contribution in [0.5, 0.6) is 0 Å². The minimum atomic E-state index is -4.46. The lowest BCUT2D eigenvalue weighted by atomic mass is 10.0. The predicted molar refractivity (Wildman–Crippen MR) is 168 cm³/mol. The summed E-state index contributed by atoms with van der Waals surface area (Å²) in [4.78, 5) is 43.2. The average Bonchev–Trinajstić information content (AvgIpc) is 3.44. The van der Waals surface area contributed by atoms with Crippen LogP contribution in [0.3, 0.4) is 0 Å². The summed E-state index contributed by atoms with van der Waals surface area (Å²) in [6.07, 6.45) is 1.11. The number of nitrogens with two attached hydrogens (primary N) is 1. The van der Waals surface area contributed by atoms with E-state index in [-0.39, 0.29) is 34.1 Å². The van der Waals surface area contributed by atoms with E-state index >= 15 is 8.78 Å². The molecule has 5 rings (SSSR count). The quantitative estimate of drug-likeness (QED) is 0.155. The Morgan fingerprint density at radius 1 is 1.09 bits per heavy atom. The number of rotatable bonds is 11. The number of pyridine rings is 1. The zero-order valence-corrected chi connectivity index (χ0v) is 25.8. The number of nitrogens with one attached hydrogen (secondary N) is 2. The fraction of sp³-hybridized carbons (Fsp3) is 0.161. The molecule has 5 N–H and O–H groups in total. The number of sulfonamides is 1. The number of thiazole rings is 1. The Morgan fingerprint density at radius 2 is 1.74 bits per heavy atom. The van der Waals surface area contributed by atoms with Gasteiger partial charge < -0.3 is 20.7 Å². The van der Waals surface area contributed by atoms with Crippen LogP contribution in [0.15, 0.2) is 88.0 Å². The number of hydrogen-bond donors (Lipinski definition) is 4. The van der Waals surface area contributed by atoms with E-state index < -0.39 is 55.6 Å². The van der Waals surface area contributed by atoms with Crippen LogP contribution in [0.4, 0.5) is 13.9 Å². The second-order valence-corrected chi connectivity index (χ2v) is 13.1. The number of aromatic nitrogens is 2. The zero-order valence-electron chi connectivity index (χ0n) is 24.2. The molecule has 1 atom stereocenters. The summed E-state index contributed by atoms with van der Waals surface area (Å²) >= 11 is 1.10. The van der Waals surface area contributed by atoms with Gasteiger partial charge in [-0.05, 0) is 37.1 Å². The number of hydrogen-bond acceptors (Lipinski definition) is 8. The van der Waals surface area contributed by atoms with Crippen molar-refractivity contribution >= 4 is 49.3 Å². The summed E-state index contributed by atoms with van der Waals surface area (Å²) in [6, 6.07) is 16.7. The van der Waals surface area contributed by atoms with Crippen LogP contribution < -0.4 is 21.2 Å². The van der Waals surface area contributed by atoms with Crippen molar-refractivity contribution in [1.82, 2.24) is 19.6 Å². The Balaban J connectivity index is 1.59. The standard InChI is InChI=1S/C31H27F2N5O6S2/c1-31(29(41)42,37-46(43,44)20-10-6-3-7-11-20)36-28(40)23-16-38(13-12-18-8-4-2-5-9-18)26-22(27(23)39)15-24(32)21(25(26)33)14-19-17-45-30(34)35-19/h2-11,15-17,37H,12-14H2,1H3,(H2,34,35)(H,36,40)(H,41,42). The highest BCUT2D eigenvalue weighted by Gasteiger charge is 2.40. The van der Waals surface area contributed by atoms with Crippen molar-refractivity contribution < 1.29 is 31.9 Å². The number of benzene rings is 3. The minimum absolute atomic E-state index is 0.0313. The normalized spacial score (nSPS) is 12.9. The first-order valence-corrected chi connectivity index (χ1v) is 16.1. The highest BCUT2D eigenvalue weighted by Crippen LogP contribution is 2.27. The molecular weight excluding hydrogens is 640 g/mol. The predicted octanol–water partition coefficient (Wildman–Crippen LogP) is 3.66. The molecular formula is C31H27F2N5O6S2. The monoisotopic (exact) mass is 667 g/mol. The van der Waals surface area contributed by atoms with Gasteiger partial charge in [-0.1, -0.05) is 48.5 Å². The number of fused-ring (bicyclic) bond motifs is 1. The van der Waals surface area contributed by atoms with Crippen molar-refractivity contribution in [3.8, 4) is 0 Å². The van der Waals surface area contributed by atoms with Crippen molar-refractivity contribution in [1.29, 1.82) is 0 Å². The molecule has 238 valence electrons. The highest BCUT2D eigenvalue weighted by atomic mass is 32.2. The van der Waals surface area contributed by atoms with Crippen LogP contribution in [0.1, 0.15) is 34.1 Å². The molecule has 11 nitrogen and oxygen atoms in total. The lowest BCUT2D eigenvalue weighted by Gasteiger charge is -2.27. The van der Waals surface area contributed by atoms with Crippen LogP contribution in [-0.4, -0.2) is 40.6 Å². The number of halogens is 2. The van der Waals surface area contributed by atoms with Crippen molar-refractivity contribution in [2.45, 2.75) is 36.9 Å². The molecule has 2 aromatic heterocycles. The highest BCUT2D eigenvalue weighted by molar-refractivity contribution is 7.89. The fourth-order valence-electron chi connectivity index (χ4n) is 4.85. The lowest BCUT2D eigenvalue weighted by Crippen LogP contribution is -2.63. The summed E-state index contributed by atoms with van der Waals surface area (Å²) in [5, 5.41) is 13.3. The van der Waals surface area contributed by atoms with Gasteiger partial charge in [0, 0.05) is 30.1 Å². The summed E-state index contributed by atoms with van der Waals surface area (Å²) < 4.78 is 60.6. The Hall–Kier alpha value is -4.99. The van der Waals surface area contributed by atoms with Crippen LogP contribution in [-0.2, 0) is 34.2 Å². The largest absolute Gasteiger partial charge is 0.478 e. The van der Waals surface area contributed by atoms with Crippen molar-refractivity contribution in [3.05, 3.63) is 123 Å². The number of carbonyl (C=O) groups excluding carboxylic acids is 1. The molecule has 0 spiro atoms. The minimum Gasteiger partial charge on any atom is -0.478 e. The molecule has 2 heterocycles. The number of anilines is 1. The molecule has 0 fully saturated rings. The summed E-state index contributed by atoms with van der Waals surface area (Å²) in [5.41, 5.74) is 1.81. The topological polar surface area (TPSA) is 173 Å². The average molecular weight is 668 g/mol. The summed E-state index contributed by atoms with van der Waals surface area (Å²) in [7, 11) is -4.46. The lowest BCUT2D eigenvalue weighted by molar-refractivity contribution is -0.144. The molecule has 3 aromatic carbocycles. The molecule has 0 aliphatic rings. The Morgan fingerprint density at radius 3 is 2.35 bits per heavy atom. The van der Waals surface area contributed by atoms with Crippen LogP contribution >= 0.6 is 11.3 Å². The van der Waals surface area contributed by atoms with Gasteiger partial charge in [0.25, 0.3) is 5.91 Å². The van der Waals surface area contributed by atoms with E-state index in [1.165, 1.54) is 28.8 Å². The Bertz CT molecular complexity index is 2120. The number of aryl methyl sites for hydroxylation is 2. The van der Waals surface area contributed by atoms with E-state index in [2.05, 4.69) is 10.3 Å². The van der Waals surface area contributed by atoms with Crippen LogP contribution in [0.25, 0.3) is 10.9 Å². The molecule has 1 amide bonds. The number of amides is 1. The van der Waals surface area contributed by atoms with E-state index in [1.807, 2.05) is 22.9 Å². The van der Waals surface area contributed by atoms with Gasteiger partial charge in [-0.3, -0.25) is 9.59 Å². The van der Waals surface area contributed by atoms with Gasteiger partial charge in [-0.2, -0.15) is 4.72 Å². The Labute approximate surface area is 265 Å². The maximum atomic E-state index is 16.1. The van der Waals surface area contributed by atoms with E-state index in [0.717, 1.165) is 36.1 Å². The number of aliphatic carboxylic acids is 1. The van der Waals surface area contributed by atoms with Gasteiger partial charge in [0.1, 0.15) is 11.4 Å². The van der Waals surface area contributed by atoms with Gasteiger partial charge >= 0.3 is 5.97 Å². The molecule has 0 bridgehead atoms. The molecule has 0 radical (unpaired) electrons. The second kappa shape index (κ2) is 12.8. The molecule has 46 heavy (non-hydrogen) atoms. The fourth-order valence-corrected chi connectivity index (χ4v) is 6.72. The maximum Gasteiger partial charge on any atom is 0.345 e. The van der Waals surface area contributed by atoms with Gasteiger partial charge in [0.15, 0.2) is 10.9 Å². The molecule has 0 aliphatic heterocycles. The zero-order chi connectivity index (χ0) is 33.2. The molecule has 0 aliphatic carbocycles. The molecule has 0 saturated heterocycles. The number of carboxylic acid groups (broad SMARTS) is 1. The van der Waals surface area contributed by atoms with Crippen molar-refractivity contribution in [2.24, 2.45) is 0 Å². The Kier molecular flexibility index (Phi) is 9.01. The third-order valence-electron chi connectivity index (χ3n) is 7.19. The molecule has 1 unspecified atom stereocenters. The van der Waals surface area contributed by atoms with E-state index in [4.69, 9.17) is 5.73 Å². The van der Waals surface area contributed by atoms with E-state index in [9.17, 15) is 27.9 Å². The number of carbonyl (C=O) groups is 2. The van der Waals surface area contributed by atoms with Crippen molar-refractivity contribution in [2.75, 3.05) is 5.73 Å². The van der Waals surface area contributed by atoms with Gasteiger partial charge in [0.2, 0.25) is 21.1 Å². The molecule has 5 aromatic rings. The third-order valence-corrected chi connectivity index (χ3v) is 9.48. The van der Waals surface area contributed by atoms with Crippen molar-refractivity contribution in [3.63, 3.8) is 0 Å². The molecule has 15 heteroatoms. The first-order chi connectivity index (χ1) is 21.8. The first kappa shape index (κ1) is 32.4.